The summed E-state index contributed by atoms with van der Waals surface area (Å²) < 4.78 is 38.6. The first-order valence-electron chi connectivity index (χ1n) is 3.67. The molecule has 3 N–H and O–H groups in total. The van der Waals surface area contributed by atoms with Gasteiger partial charge in [0.05, 0.1) is 0 Å². The molecule has 0 amide bonds. The third-order valence-electron chi connectivity index (χ3n) is 1.76. The molecule has 0 heterocycles. The van der Waals surface area contributed by atoms with Crippen LogP contribution in [0.1, 0.15) is 18.5 Å². The molecule has 0 radical (unpaired) electrons. The Morgan fingerprint density at radius 2 is 1.77 bits per heavy atom. The molecule has 0 fully saturated rings. The lowest BCUT2D eigenvalue weighted by Crippen LogP contribution is -2.27. The highest BCUT2D eigenvalue weighted by Gasteiger charge is 2.18. The second-order valence-electron chi connectivity index (χ2n) is 2.65. The van der Waals surface area contributed by atoms with Crippen molar-refractivity contribution in [1.29, 1.82) is 0 Å². The molecule has 72 valence electrons. The molecular formula is C8H9F3N2. The summed E-state index contributed by atoms with van der Waals surface area (Å²) in [4.78, 5) is 0. The van der Waals surface area contributed by atoms with Crippen LogP contribution in [0, 0.1) is 17.5 Å². The fourth-order valence-corrected chi connectivity index (χ4v) is 1.02. The maximum atomic E-state index is 13.0. The number of hydrogen-bond donors (Lipinski definition) is 2. The topological polar surface area (TPSA) is 38.0 Å². The zero-order chi connectivity index (χ0) is 10.0. The Hall–Kier alpha value is -1.07. The first-order valence-corrected chi connectivity index (χ1v) is 3.67. The van der Waals surface area contributed by atoms with Crippen LogP contribution in [0.2, 0.25) is 0 Å². The van der Waals surface area contributed by atoms with E-state index in [4.69, 9.17) is 5.84 Å². The van der Waals surface area contributed by atoms with Crippen molar-refractivity contribution in [1.82, 2.24) is 5.43 Å². The monoisotopic (exact) mass is 190 g/mol. The smallest absolute Gasteiger partial charge is 0.166 e. The fourth-order valence-electron chi connectivity index (χ4n) is 1.02. The molecule has 0 aliphatic carbocycles. The lowest BCUT2D eigenvalue weighted by Gasteiger charge is -2.12. The lowest BCUT2D eigenvalue weighted by atomic mass is 10.1. The first-order chi connectivity index (χ1) is 6.07. The Morgan fingerprint density at radius 3 is 2.31 bits per heavy atom. The molecule has 2 nitrogen and oxygen atoms in total. The van der Waals surface area contributed by atoms with Gasteiger partial charge in [0.15, 0.2) is 11.6 Å². The van der Waals surface area contributed by atoms with Crippen molar-refractivity contribution in [2.45, 2.75) is 13.0 Å². The van der Waals surface area contributed by atoms with Gasteiger partial charge in [-0.1, -0.05) is 0 Å². The Morgan fingerprint density at radius 1 is 1.23 bits per heavy atom. The molecule has 1 rings (SSSR count). The van der Waals surface area contributed by atoms with Gasteiger partial charge in [0, 0.05) is 11.6 Å². The largest absolute Gasteiger partial charge is 0.271 e. The van der Waals surface area contributed by atoms with E-state index in [1.54, 1.807) is 0 Å². The van der Waals surface area contributed by atoms with Gasteiger partial charge in [-0.2, -0.15) is 0 Å². The van der Waals surface area contributed by atoms with Gasteiger partial charge in [0.1, 0.15) is 5.82 Å². The van der Waals surface area contributed by atoms with E-state index in [1.165, 1.54) is 6.92 Å². The Labute approximate surface area is 73.5 Å². The highest BCUT2D eigenvalue weighted by Crippen LogP contribution is 2.21. The van der Waals surface area contributed by atoms with Crippen molar-refractivity contribution in [2.24, 2.45) is 5.84 Å². The summed E-state index contributed by atoms with van der Waals surface area (Å²) in [5.41, 5.74) is 1.76. The number of hydrazine groups is 1. The average Bonchev–Trinajstić information content (AvgIpc) is 2.12. The van der Waals surface area contributed by atoms with Crippen LogP contribution in [0.3, 0.4) is 0 Å². The van der Waals surface area contributed by atoms with Crippen LogP contribution in [0.25, 0.3) is 0 Å². The molecule has 1 aromatic carbocycles. The maximum absolute atomic E-state index is 13.0. The van der Waals surface area contributed by atoms with E-state index < -0.39 is 23.5 Å². The highest BCUT2D eigenvalue weighted by molar-refractivity contribution is 5.23. The van der Waals surface area contributed by atoms with Gasteiger partial charge >= 0.3 is 0 Å². The van der Waals surface area contributed by atoms with E-state index in [-0.39, 0.29) is 5.56 Å². The van der Waals surface area contributed by atoms with Crippen LogP contribution in [0.15, 0.2) is 12.1 Å². The van der Waals surface area contributed by atoms with E-state index in [0.717, 1.165) is 12.1 Å². The van der Waals surface area contributed by atoms with Crippen LogP contribution in [-0.2, 0) is 0 Å². The van der Waals surface area contributed by atoms with Crippen LogP contribution in [0.5, 0.6) is 0 Å². The third-order valence-corrected chi connectivity index (χ3v) is 1.76. The van der Waals surface area contributed by atoms with Crippen molar-refractivity contribution in [2.75, 3.05) is 0 Å². The molecule has 5 heteroatoms. The maximum Gasteiger partial charge on any atom is 0.166 e. The number of benzene rings is 1. The first kappa shape index (κ1) is 10.0. The average molecular weight is 190 g/mol. The second kappa shape index (κ2) is 3.76. The van der Waals surface area contributed by atoms with Crippen LogP contribution in [-0.4, -0.2) is 0 Å². The lowest BCUT2D eigenvalue weighted by molar-refractivity contribution is 0.451. The van der Waals surface area contributed by atoms with Gasteiger partial charge in [0.25, 0.3) is 0 Å². The molecular weight excluding hydrogens is 181 g/mol. The molecule has 13 heavy (non-hydrogen) atoms. The van der Waals surface area contributed by atoms with Crippen molar-refractivity contribution in [3.63, 3.8) is 0 Å². The quantitative estimate of drug-likeness (QED) is 0.422. The van der Waals surface area contributed by atoms with Crippen LogP contribution >= 0.6 is 0 Å². The molecule has 0 aliphatic rings. The van der Waals surface area contributed by atoms with Gasteiger partial charge < -0.3 is 0 Å². The summed E-state index contributed by atoms with van der Waals surface area (Å²) in [5, 5.41) is 0. The summed E-state index contributed by atoms with van der Waals surface area (Å²) in [6.45, 7) is 1.43. The van der Waals surface area contributed by atoms with Gasteiger partial charge in [-0.05, 0) is 19.1 Å². The van der Waals surface area contributed by atoms with Gasteiger partial charge in [0.2, 0.25) is 0 Å². The fraction of sp³-hybridized carbons (Fsp3) is 0.250. The van der Waals surface area contributed by atoms with Gasteiger partial charge in [-0.25, -0.2) is 13.2 Å². The number of halogens is 3. The van der Waals surface area contributed by atoms with E-state index in [1.807, 2.05) is 0 Å². The van der Waals surface area contributed by atoms with Crippen molar-refractivity contribution >= 4 is 0 Å². The molecule has 0 unspecified atom stereocenters. The molecule has 0 saturated carbocycles. The van der Waals surface area contributed by atoms with Gasteiger partial charge in [-0.3, -0.25) is 11.3 Å². The van der Waals surface area contributed by atoms with E-state index in [9.17, 15) is 13.2 Å². The summed E-state index contributed by atoms with van der Waals surface area (Å²) in [7, 11) is 0. The molecule has 0 aromatic heterocycles. The third kappa shape index (κ3) is 1.81. The minimum atomic E-state index is -1.20. The molecule has 0 saturated heterocycles. The molecule has 0 aliphatic heterocycles. The summed E-state index contributed by atoms with van der Waals surface area (Å²) in [6.07, 6.45) is 0. The molecule has 1 atom stereocenters. The summed E-state index contributed by atoms with van der Waals surface area (Å²) in [6, 6.07) is 0.828. The molecule has 1 aromatic rings. The molecule has 0 bridgehead atoms. The zero-order valence-corrected chi connectivity index (χ0v) is 6.94. The van der Waals surface area contributed by atoms with Crippen molar-refractivity contribution in [3.8, 4) is 0 Å². The number of hydrogen-bond acceptors (Lipinski definition) is 2. The van der Waals surface area contributed by atoms with Crippen LogP contribution in [0.4, 0.5) is 13.2 Å². The Bertz CT molecular complexity index is 315. The normalized spacial score (nSPS) is 13.0. The number of rotatable bonds is 2. The van der Waals surface area contributed by atoms with Crippen molar-refractivity contribution in [3.05, 3.63) is 35.1 Å². The Kier molecular flexibility index (Phi) is 2.90. The number of nitrogens with two attached hydrogens (primary N) is 1. The highest BCUT2D eigenvalue weighted by atomic mass is 19.2. The molecule has 0 spiro atoms. The van der Waals surface area contributed by atoms with E-state index in [0.29, 0.717) is 0 Å². The van der Waals surface area contributed by atoms with E-state index >= 15 is 0 Å². The predicted molar refractivity (Wildman–Crippen MR) is 42.1 cm³/mol. The SMILES string of the molecule is C[C@@H](NN)c1c(F)ccc(F)c1F. The predicted octanol–water partition coefficient (Wildman–Crippen LogP) is 1.63. The number of nitrogens with one attached hydrogen (secondary N) is 1. The minimum Gasteiger partial charge on any atom is -0.271 e. The standard InChI is InChI=1S/C8H9F3N2/c1-4(13-12)7-5(9)2-3-6(10)8(7)11/h2-4,13H,12H2,1H3/t4-/m1/s1. The van der Waals surface area contributed by atoms with E-state index in [2.05, 4.69) is 5.43 Å². The van der Waals surface area contributed by atoms with Gasteiger partial charge in [-0.15, -0.1) is 0 Å². The van der Waals surface area contributed by atoms with Crippen molar-refractivity contribution < 1.29 is 13.2 Å². The Balaban J connectivity index is 3.25. The summed E-state index contributed by atoms with van der Waals surface area (Å²) in [5.74, 6) is 1.88. The minimum absolute atomic E-state index is 0.387. The second-order valence-corrected chi connectivity index (χ2v) is 2.65. The zero-order valence-electron chi connectivity index (χ0n) is 6.94. The van der Waals surface area contributed by atoms with Crippen LogP contribution < -0.4 is 11.3 Å². The summed E-state index contributed by atoms with van der Waals surface area (Å²) >= 11 is 0.